The van der Waals surface area contributed by atoms with E-state index in [0.717, 1.165) is 40.7 Å². The maximum absolute atomic E-state index is 5.69. The zero-order valence-corrected chi connectivity index (χ0v) is 18.3. The Morgan fingerprint density at radius 3 is 2.24 bits per heavy atom. The molecule has 0 bridgehead atoms. The predicted octanol–water partition coefficient (Wildman–Crippen LogP) is 4.60. The summed E-state index contributed by atoms with van der Waals surface area (Å²) >= 11 is 5.69. The molecule has 0 spiro atoms. The number of hydrogen-bond acceptors (Lipinski definition) is 5. The van der Waals surface area contributed by atoms with Crippen molar-refractivity contribution in [3.63, 3.8) is 0 Å². The average molecular weight is 413 g/mol. The van der Waals surface area contributed by atoms with Crippen molar-refractivity contribution in [1.82, 2.24) is 19.2 Å². The van der Waals surface area contributed by atoms with E-state index >= 15 is 0 Å². The molecule has 0 amide bonds. The van der Waals surface area contributed by atoms with Crippen molar-refractivity contribution in [2.45, 2.75) is 33.6 Å². The summed E-state index contributed by atoms with van der Waals surface area (Å²) in [5, 5.41) is 4.80. The van der Waals surface area contributed by atoms with Crippen LogP contribution < -0.4 is 9.47 Å². The lowest BCUT2D eigenvalue weighted by Gasteiger charge is -2.16. The highest BCUT2D eigenvalue weighted by molar-refractivity contribution is 7.71. The van der Waals surface area contributed by atoms with Gasteiger partial charge in [-0.3, -0.25) is 4.90 Å². The van der Waals surface area contributed by atoms with Gasteiger partial charge >= 0.3 is 0 Å². The molecule has 0 aliphatic rings. The summed E-state index contributed by atoms with van der Waals surface area (Å²) in [6.07, 6.45) is 0. The van der Waals surface area contributed by atoms with Crippen molar-refractivity contribution in [2.75, 3.05) is 20.8 Å². The third-order valence-corrected chi connectivity index (χ3v) is 5.08. The van der Waals surface area contributed by atoms with Crippen molar-refractivity contribution >= 4 is 12.2 Å². The van der Waals surface area contributed by atoms with Crippen LogP contribution in [0.1, 0.15) is 19.4 Å². The van der Waals surface area contributed by atoms with Gasteiger partial charge in [-0.05, 0) is 75.1 Å². The van der Waals surface area contributed by atoms with Gasteiger partial charge in [0, 0.05) is 18.7 Å². The summed E-state index contributed by atoms with van der Waals surface area (Å²) in [7, 11) is 3.73. The SMILES string of the molecule is CCOc1ccc(CN(C)Cn2nc(-c3ccc(OC)cc3)n(CC)c2=S)cc1. The molecule has 0 N–H and O–H groups in total. The quantitative estimate of drug-likeness (QED) is 0.481. The third-order valence-electron chi connectivity index (χ3n) is 4.65. The molecule has 0 aliphatic heterocycles. The maximum atomic E-state index is 5.69. The lowest BCUT2D eigenvalue weighted by Crippen LogP contribution is -2.22. The number of benzene rings is 2. The molecule has 29 heavy (non-hydrogen) atoms. The molecule has 0 saturated heterocycles. The fraction of sp³-hybridized carbons (Fsp3) is 0.364. The second-order valence-electron chi connectivity index (χ2n) is 6.81. The second-order valence-corrected chi connectivity index (χ2v) is 7.18. The Morgan fingerprint density at radius 2 is 1.66 bits per heavy atom. The van der Waals surface area contributed by atoms with Crippen LogP contribution in [-0.2, 0) is 19.8 Å². The average Bonchev–Trinajstić information content (AvgIpc) is 3.05. The molecule has 6 nitrogen and oxygen atoms in total. The van der Waals surface area contributed by atoms with Gasteiger partial charge in [0.25, 0.3) is 0 Å². The first-order chi connectivity index (χ1) is 14.0. The molecule has 7 heteroatoms. The van der Waals surface area contributed by atoms with E-state index < -0.39 is 0 Å². The first-order valence-corrected chi connectivity index (χ1v) is 10.2. The van der Waals surface area contributed by atoms with Gasteiger partial charge in [-0.15, -0.1) is 0 Å². The Balaban J connectivity index is 1.76. The summed E-state index contributed by atoms with van der Waals surface area (Å²) in [5.41, 5.74) is 2.24. The second kappa shape index (κ2) is 9.71. The predicted molar refractivity (Wildman–Crippen MR) is 118 cm³/mol. The first-order valence-electron chi connectivity index (χ1n) is 9.78. The standard InChI is InChI=1S/C22H28N4O2S/c1-5-25-21(18-9-13-19(27-4)14-10-18)23-26(22(25)29)16-24(3)15-17-7-11-20(12-8-17)28-6-2/h7-14H,5-6,15-16H2,1-4H3. The van der Waals surface area contributed by atoms with Crippen molar-refractivity contribution in [1.29, 1.82) is 0 Å². The van der Waals surface area contributed by atoms with Gasteiger partial charge in [-0.2, -0.15) is 5.10 Å². The van der Waals surface area contributed by atoms with E-state index in [2.05, 4.69) is 35.6 Å². The van der Waals surface area contributed by atoms with Crippen LogP contribution in [0, 0.1) is 4.77 Å². The molecule has 0 radical (unpaired) electrons. The molecule has 3 rings (SSSR count). The largest absolute Gasteiger partial charge is 0.497 e. The topological polar surface area (TPSA) is 44.4 Å². The molecule has 1 heterocycles. The molecule has 1 aromatic heterocycles. The Hall–Kier alpha value is -2.64. The van der Waals surface area contributed by atoms with E-state index in [4.69, 9.17) is 26.8 Å². The lowest BCUT2D eigenvalue weighted by molar-refractivity contribution is 0.243. The molecule has 154 valence electrons. The summed E-state index contributed by atoms with van der Waals surface area (Å²) in [5.74, 6) is 2.59. The van der Waals surface area contributed by atoms with E-state index in [0.29, 0.717) is 13.3 Å². The number of hydrogen-bond donors (Lipinski definition) is 0. The number of rotatable bonds is 9. The van der Waals surface area contributed by atoms with Gasteiger partial charge in [0.2, 0.25) is 0 Å². The molecule has 0 saturated carbocycles. The van der Waals surface area contributed by atoms with Crippen LogP contribution in [0.25, 0.3) is 11.4 Å². The molecule has 0 atom stereocenters. The van der Waals surface area contributed by atoms with Crippen LogP contribution in [0.5, 0.6) is 11.5 Å². The first kappa shape index (κ1) is 21.1. The highest BCUT2D eigenvalue weighted by atomic mass is 32.1. The van der Waals surface area contributed by atoms with E-state index in [1.54, 1.807) is 7.11 Å². The van der Waals surface area contributed by atoms with Crippen molar-refractivity contribution in [2.24, 2.45) is 0 Å². The van der Waals surface area contributed by atoms with Crippen LogP contribution in [0.3, 0.4) is 0 Å². The zero-order chi connectivity index (χ0) is 20.8. The molecule has 0 aliphatic carbocycles. The van der Waals surface area contributed by atoms with Crippen molar-refractivity contribution < 1.29 is 9.47 Å². The minimum absolute atomic E-state index is 0.613. The summed E-state index contributed by atoms with van der Waals surface area (Å²) in [6.45, 7) is 6.92. The molecular formula is C22H28N4O2S. The van der Waals surface area contributed by atoms with E-state index in [-0.39, 0.29) is 0 Å². The fourth-order valence-electron chi connectivity index (χ4n) is 3.22. The van der Waals surface area contributed by atoms with Crippen LogP contribution >= 0.6 is 12.2 Å². The van der Waals surface area contributed by atoms with E-state index in [9.17, 15) is 0 Å². The van der Waals surface area contributed by atoms with Gasteiger partial charge < -0.3 is 14.0 Å². The smallest absolute Gasteiger partial charge is 0.199 e. The Labute approximate surface area is 177 Å². The van der Waals surface area contributed by atoms with Gasteiger partial charge in [0.05, 0.1) is 20.4 Å². The third kappa shape index (κ3) is 5.05. The molecule has 3 aromatic rings. The van der Waals surface area contributed by atoms with Crippen LogP contribution in [0.2, 0.25) is 0 Å². The molecule has 0 fully saturated rings. The van der Waals surface area contributed by atoms with E-state index in [1.807, 2.05) is 48.0 Å². The van der Waals surface area contributed by atoms with Crippen LogP contribution in [0.4, 0.5) is 0 Å². The maximum Gasteiger partial charge on any atom is 0.199 e. The van der Waals surface area contributed by atoms with Crippen LogP contribution in [-0.4, -0.2) is 40.0 Å². The molecule has 0 unspecified atom stereocenters. The number of aromatic nitrogens is 3. The fourth-order valence-corrected chi connectivity index (χ4v) is 3.53. The van der Waals surface area contributed by atoms with E-state index in [1.165, 1.54) is 5.56 Å². The van der Waals surface area contributed by atoms with Gasteiger partial charge in [0.1, 0.15) is 11.5 Å². The summed E-state index contributed by atoms with van der Waals surface area (Å²) in [4.78, 5) is 2.19. The Morgan fingerprint density at radius 1 is 1.00 bits per heavy atom. The summed E-state index contributed by atoms with van der Waals surface area (Å²) < 4.78 is 15.4. The highest BCUT2D eigenvalue weighted by Crippen LogP contribution is 2.22. The minimum atomic E-state index is 0.613. The molecular weight excluding hydrogens is 384 g/mol. The van der Waals surface area contributed by atoms with Crippen molar-refractivity contribution in [3.8, 4) is 22.9 Å². The summed E-state index contributed by atoms with van der Waals surface area (Å²) in [6, 6.07) is 16.1. The zero-order valence-electron chi connectivity index (χ0n) is 17.5. The minimum Gasteiger partial charge on any atom is -0.497 e. The molecule has 2 aromatic carbocycles. The number of methoxy groups -OCH3 is 1. The Bertz CT molecular complexity index is 978. The lowest BCUT2D eigenvalue weighted by atomic mass is 10.2. The Kier molecular flexibility index (Phi) is 7.06. The van der Waals surface area contributed by atoms with Crippen LogP contribution in [0.15, 0.2) is 48.5 Å². The van der Waals surface area contributed by atoms with Gasteiger partial charge in [-0.25, -0.2) is 4.68 Å². The number of nitrogens with zero attached hydrogens (tertiary/aromatic N) is 4. The van der Waals surface area contributed by atoms with Gasteiger partial charge in [-0.1, -0.05) is 12.1 Å². The normalized spacial score (nSPS) is 11.1. The van der Waals surface area contributed by atoms with Gasteiger partial charge in [0.15, 0.2) is 10.6 Å². The number of ether oxygens (including phenoxy) is 2. The monoisotopic (exact) mass is 412 g/mol. The van der Waals surface area contributed by atoms with Crippen molar-refractivity contribution in [3.05, 3.63) is 58.9 Å². The highest BCUT2D eigenvalue weighted by Gasteiger charge is 2.13.